The summed E-state index contributed by atoms with van der Waals surface area (Å²) in [6.07, 6.45) is -1.83. The number of benzene rings is 2. The van der Waals surface area contributed by atoms with E-state index in [9.17, 15) is 18.8 Å². The van der Waals surface area contributed by atoms with Gasteiger partial charge in [0.05, 0.1) is 10.6 Å². The molecule has 1 aliphatic heterocycles. The van der Waals surface area contributed by atoms with Gasteiger partial charge < -0.3 is 10.1 Å². The van der Waals surface area contributed by atoms with E-state index in [2.05, 4.69) is 5.32 Å². The van der Waals surface area contributed by atoms with Crippen molar-refractivity contribution in [3.63, 3.8) is 0 Å². The maximum Gasteiger partial charge on any atom is 0.415 e. The van der Waals surface area contributed by atoms with Crippen LogP contribution in [0, 0.1) is 5.82 Å². The summed E-state index contributed by atoms with van der Waals surface area (Å²) in [5.74, 6) is -1.99. The number of ether oxygens (including phenoxy) is 1. The van der Waals surface area contributed by atoms with Crippen LogP contribution < -0.4 is 10.6 Å². The monoisotopic (exact) mass is 348 g/mol. The van der Waals surface area contributed by atoms with E-state index in [0.717, 1.165) is 6.07 Å². The van der Waals surface area contributed by atoms with Crippen molar-refractivity contribution in [2.75, 3.05) is 5.32 Å². The number of hydrogen-bond acceptors (Lipinski definition) is 4. The van der Waals surface area contributed by atoms with Gasteiger partial charge in [0.15, 0.2) is 0 Å². The van der Waals surface area contributed by atoms with E-state index in [4.69, 9.17) is 16.3 Å². The molecule has 2 aromatic rings. The summed E-state index contributed by atoms with van der Waals surface area (Å²) in [5.41, 5.74) is 0.556. The van der Waals surface area contributed by atoms with Gasteiger partial charge in [-0.25, -0.2) is 9.18 Å². The smallest absolute Gasteiger partial charge is 0.415 e. The van der Waals surface area contributed by atoms with Crippen molar-refractivity contribution < 1.29 is 23.5 Å². The van der Waals surface area contributed by atoms with Crippen molar-refractivity contribution in [3.05, 3.63) is 64.4 Å². The summed E-state index contributed by atoms with van der Waals surface area (Å²) in [5, 5.41) is 4.52. The van der Waals surface area contributed by atoms with E-state index >= 15 is 0 Å². The fourth-order valence-electron chi connectivity index (χ4n) is 2.23. The Bertz CT molecular complexity index is 818. The first-order valence-electron chi connectivity index (χ1n) is 6.82. The SMILES string of the molecule is O=C1NC(=O)C(c2ccc(NC(=O)c3c(F)cccc3Cl)cc2)O1. The van der Waals surface area contributed by atoms with Crippen LogP contribution in [0.4, 0.5) is 14.9 Å². The third kappa shape index (κ3) is 3.07. The van der Waals surface area contributed by atoms with E-state index in [1.165, 1.54) is 36.4 Å². The molecule has 0 spiro atoms. The Morgan fingerprint density at radius 3 is 2.46 bits per heavy atom. The molecule has 8 heteroatoms. The fraction of sp³-hybridized carbons (Fsp3) is 0.0625. The van der Waals surface area contributed by atoms with Gasteiger partial charge in [-0.05, 0) is 24.3 Å². The number of alkyl carbamates (subject to hydrolysis) is 1. The molecule has 1 unspecified atom stereocenters. The molecule has 1 fully saturated rings. The maximum atomic E-state index is 13.7. The minimum Gasteiger partial charge on any atom is -0.431 e. The van der Waals surface area contributed by atoms with Gasteiger partial charge in [-0.15, -0.1) is 0 Å². The van der Waals surface area contributed by atoms with Crippen LogP contribution >= 0.6 is 11.6 Å². The van der Waals surface area contributed by atoms with E-state index < -0.39 is 29.8 Å². The van der Waals surface area contributed by atoms with Gasteiger partial charge in [0.2, 0.25) is 6.10 Å². The first kappa shape index (κ1) is 15.9. The van der Waals surface area contributed by atoms with Gasteiger partial charge in [-0.1, -0.05) is 29.8 Å². The van der Waals surface area contributed by atoms with Crippen LogP contribution in [-0.4, -0.2) is 17.9 Å². The molecule has 3 rings (SSSR count). The number of anilines is 1. The van der Waals surface area contributed by atoms with Crippen LogP contribution in [0.3, 0.4) is 0 Å². The largest absolute Gasteiger partial charge is 0.431 e. The topological polar surface area (TPSA) is 84.5 Å². The van der Waals surface area contributed by atoms with Crippen molar-refractivity contribution in [1.29, 1.82) is 0 Å². The average molecular weight is 349 g/mol. The molecule has 24 heavy (non-hydrogen) atoms. The summed E-state index contributed by atoms with van der Waals surface area (Å²) in [4.78, 5) is 34.7. The highest BCUT2D eigenvalue weighted by Gasteiger charge is 2.33. The summed E-state index contributed by atoms with van der Waals surface area (Å²) in [6.45, 7) is 0. The number of nitrogens with one attached hydrogen (secondary N) is 2. The number of imide groups is 1. The lowest BCUT2D eigenvalue weighted by molar-refractivity contribution is -0.123. The standard InChI is InChI=1S/C16H10ClFN2O4/c17-10-2-1-3-11(18)12(10)14(21)19-9-6-4-8(5-7-9)13-15(22)20-16(23)24-13/h1-7,13H,(H,19,21)(H,20,22,23). The molecular weight excluding hydrogens is 339 g/mol. The number of cyclic esters (lactones) is 1. The first-order valence-corrected chi connectivity index (χ1v) is 7.20. The lowest BCUT2D eigenvalue weighted by Crippen LogP contribution is -2.20. The predicted molar refractivity (Wildman–Crippen MR) is 83.2 cm³/mol. The van der Waals surface area contributed by atoms with Crippen LogP contribution in [-0.2, 0) is 9.53 Å². The molecule has 0 bridgehead atoms. The Morgan fingerprint density at radius 2 is 1.88 bits per heavy atom. The van der Waals surface area contributed by atoms with Gasteiger partial charge in [0.25, 0.3) is 11.8 Å². The minimum absolute atomic E-state index is 0.00124. The predicted octanol–water partition coefficient (Wildman–Crippen LogP) is 3.04. The number of hydrogen-bond donors (Lipinski definition) is 2. The second-order valence-electron chi connectivity index (χ2n) is 4.95. The summed E-state index contributed by atoms with van der Waals surface area (Å²) in [7, 11) is 0. The normalized spacial score (nSPS) is 16.5. The van der Waals surface area contributed by atoms with E-state index in [1.807, 2.05) is 5.32 Å². The van der Waals surface area contributed by atoms with Crippen LogP contribution in [0.15, 0.2) is 42.5 Å². The average Bonchev–Trinajstić information content (AvgIpc) is 2.86. The zero-order valence-electron chi connectivity index (χ0n) is 12.0. The Hall–Kier alpha value is -2.93. The molecular formula is C16H10ClFN2O4. The van der Waals surface area contributed by atoms with Gasteiger partial charge in [0.1, 0.15) is 5.82 Å². The fourth-order valence-corrected chi connectivity index (χ4v) is 2.47. The van der Waals surface area contributed by atoms with Crippen LogP contribution in [0.1, 0.15) is 22.0 Å². The first-order chi connectivity index (χ1) is 11.5. The third-order valence-electron chi connectivity index (χ3n) is 3.35. The Morgan fingerprint density at radius 1 is 1.17 bits per heavy atom. The zero-order chi connectivity index (χ0) is 17.3. The van der Waals surface area contributed by atoms with Gasteiger partial charge in [0, 0.05) is 11.3 Å². The number of halogens is 2. The molecule has 2 N–H and O–H groups in total. The highest BCUT2D eigenvalue weighted by Crippen LogP contribution is 2.24. The molecule has 0 aliphatic carbocycles. The quantitative estimate of drug-likeness (QED) is 0.893. The molecule has 3 amide bonds. The Kier molecular flexibility index (Phi) is 4.18. The van der Waals surface area contributed by atoms with E-state index in [1.54, 1.807) is 0 Å². The Balaban J connectivity index is 1.76. The minimum atomic E-state index is -1.02. The van der Waals surface area contributed by atoms with E-state index in [-0.39, 0.29) is 10.6 Å². The lowest BCUT2D eigenvalue weighted by Gasteiger charge is -2.10. The maximum absolute atomic E-state index is 13.7. The molecule has 122 valence electrons. The molecule has 0 aromatic heterocycles. The summed E-state index contributed by atoms with van der Waals surface area (Å²) in [6, 6.07) is 9.98. The van der Waals surface area contributed by atoms with Crippen molar-refractivity contribution in [2.45, 2.75) is 6.10 Å². The Labute approximate surface area is 140 Å². The lowest BCUT2D eigenvalue weighted by atomic mass is 10.1. The highest BCUT2D eigenvalue weighted by atomic mass is 35.5. The van der Waals surface area contributed by atoms with Crippen LogP contribution in [0.2, 0.25) is 5.02 Å². The van der Waals surface area contributed by atoms with Gasteiger partial charge >= 0.3 is 6.09 Å². The third-order valence-corrected chi connectivity index (χ3v) is 3.66. The second-order valence-corrected chi connectivity index (χ2v) is 5.35. The molecule has 0 radical (unpaired) electrons. The molecule has 1 aliphatic rings. The number of carbonyl (C=O) groups is 3. The second kappa shape index (κ2) is 6.29. The molecule has 0 saturated carbocycles. The van der Waals surface area contributed by atoms with Crippen molar-refractivity contribution in [1.82, 2.24) is 5.32 Å². The highest BCUT2D eigenvalue weighted by molar-refractivity contribution is 6.34. The van der Waals surface area contributed by atoms with Crippen molar-refractivity contribution in [2.24, 2.45) is 0 Å². The molecule has 1 atom stereocenters. The van der Waals surface area contributed by atoms with Gasteiger partial charge in [-0.3, -0.25) is 14.9 Å². The van der Waals surface area contributed by atoms with Gasteiger partial charge in [-0.2, -0.15) is 0 Å². The summed E-state index contributed by atoms with van der Waals surface area (Å²) < 4.78 is 18.5. The van der Waals surface area contributed by atoms with Crippen LogP contribution in [0.5, 0.6) is 0 Å². The number of carbonyl (C=O) groups excluding carboxylic acids is 3. The molecule has 1 heterocycles. The van der Waals surface area contributed by atoms with Crippen LogP contribution in [0.25, 0.3) is 0 Å². The molecule has 1 saturated heterocycles. The molecule has 2 aromatic carbocycles. The molecule has 6 nitrogen and oxygen atoms in total. The summed E-state index contributed by atoms with van der Waals surface area (Å²) >= 11 is 5.84. The number of amides is 3. The zero-order valence-corrected chi connectivity index (χ0v) is 12.8. The number of rotatable bonds is 3. The van der Waals surface area contributed by atoms with E-state index in [0.29, 0.717) is 11.3 Å². The van der Waals surface area contributed by atoms with Crippen molar-refractivity contribution in [3.8, 4) is 0 Å². The van der Waals surface area contributed by atoms with Crippen molar-refractivity contribution >= 4 is 35.2 Å².